The first-order valence-electron chi connectivity index (χ1n) is 24.8. The highest BCUT2D eigenvalue weighted by atomic mass is 31.2. The first-order valence-corrected chi connectivity index (χ1v) is 26.8. The number of hydrogen-bond donors (Lipinski definition) is 4. The van der Waals surface area contributed by atoms with Crippen molar-refractivity contribution in [2.75, 3.05) is 44.7 Å². The van der Waals surface area contributed by atoms with Crippen molar-refractivity contribution in [2.45, 2.75) is 89.9 Å². The zero-order valence-electron chi connectivity index (χ0n) is 43.5. The van der Waals surface area contributed by atoms with Crippen LogP contribution in [0.3, 0.4) is 0 Å². The Kier molecular flexibility index (Phi) is 15.9. The number of hydrogen-bond acceptors (Lipinski definition) is 18. The van der Waals surface area contributed by atoms with Crippen LogP contribution in [0.5, 0.6) is 11.5 Å². The van der Waals surface area contributed by atoms with E-state index in [0.29, 0.717) is 11.5 Å². The third-order valence-corrected chi connectivity index (χ3v) is 14.4. The lowest BCUT2D eigenvalue weighted by Gasteiger charge is -2.37. The molecule has 2 aliphatic heterocycles. The first kappa shape index (κ1) is 54.2. The Labute approximate surface area is 440 Å². The smallest absolute Gasteiger partial charge is 0.328 e. The number of rotatable bonds is 20. The van der Waals surface area contributed by atoms with Crippen molar-refractivity contribution < 1.29 is 56.4 Å². The van der Waals surface area contributed by atoms with Crippen LogP contribution in [0.25, 0.3) is 22.3 Å². The molecule has 0 aliphatic carbocycles. The van der Waals surface area contributed by atoms with Gasteiger partial charge in [-0.05, 0) is 41.0 Å². The molecule has 2 aliphatic rings. The third kappa shape index (κ3) is 11.6. The highest BCUT2D eigenvalue weighted by Gasteiger charge is 2.46. The minimum atomic E-state index is -4.14. The zero-order valence-corrected chi connectivity index (χ0v) is 44.3. The van der Waals surface area contributed by atoms with E-state index in [0.717, 1.165) is 16.7 Å². The summed E-state index contributed by atoms with van der Waals surface area (Å²) in [6.07, 6.45) is -3.05. The van der Waals surface area contributed by atoms with Crippen LogP contribution < -0.4 is 31.2 Å². The molecule has 2 fully saturated rings. The average molecular weight is 1080 g/mol. The molecule has 2 saturated heterocycles. The van der Waals surface area contributed by atoms with E-state index >= 15 is 0 Å². The van der Waals surface area contributed by atoms with Gasteiger partial charge >= 0.3 is 13.6 Å². The van der Waals surface area contributed by atoms with Crippen LogP contribution in [0.15, 0.2) is 101 Å². The number of anilines is 2. The molecule has 2 amide bonds. The lowest BCUT2D eigenvalue weighted by Crippen LogP contribution is -2.38. The van der Waals surface area contributed by atoms with Crippen molar-refractivity contribution in [3.8, 4) is 11.5 Å². The largest absolute Gasteiger partial charge is 0.497 e. The van der Waals surface area contributed by atoms with Crippen LogP contribution in [-0.4, -0.2) is 115 Å². The van der Waals surface area contributed by atoms with Crippen molar-refractivity contribution in [2.24, 2.45) is 11.8 Å². The Morgan fingerprint density at radius 1 is 0.701 bits per heavy atom. The molecule has 0 radical (unpaired) electrons. The van der Waals surface area contributed by atoms with Crippen molar-refractivity contribution >= 4 is 59.6 Å². The van der Waals surface area contributed by atoms with E-state index in [-0.39, 0.29) is 65.5 Å². The van der Waals surface area contributed by atoms with E-state index in [2.05, 4.69) is 40.5 Å². The number of nitrogens with one attached hydrogen (secondary N) is 4. The van der Waals surface area contributed by atoms with Gasteiger partial charge in [-0.2, -0.15) is 9.97 Å². The van der Waals surface area contributed by atoms with Crippen molar-refractivity contribution in [1.82, 2.24) is 39.0 Å². The standard InChI is InChI=1S/C52H59N10O14P/c1-28(2)46(64)57-50-55-44-42(48(66)59-50)53-26-61(44)40-22-36(73-30(5)63)39(75-40)25-72-77(8,68)76-37-23-41(62-27-54-43-45(62)56-51(60-49(43)67)58-47(65)29(3)4)74-38(37)24-71-52(31-12-10-9-11-13-31,32-14-18-34(69-6)19-15-32)33-16-20-35(70-7)21-17-33/h9-21,26-29,36-41H,22-25H2,1-8H3,(H2,55,57,59,64,66)(H2,56,58,60,65,67)/t36-,37-,38+,39+,40+,41+,77+/m0/s1. The van der Waals surface area contributed by atoms with Crippen molar-refractivity contribution in [1.29, 1.82) is 0 Å². The molecule has 7 aromatic rings. The van der Waals surface area contributed by atoms with E-state index in [9.17, 15) is 28.5 Å². The number of methoxy groups -OCH3 is 2. The van der Waals surface area contributed by atoms with Gasteiger partial charge in [0, 0.05) is 38.3 Å². The van der Waals surface area contributed by atoms with Gasteiger partial charge in [0.05, 0.1) is 46.2 Å². The monoisotopic (exact) mass is 1080 g/mol. The van der Waals surface area contributed by atoms with Gasteiger partial charge in [-0.3, -0.25) is 58.3 Å². The van der Waals surface area contributed by atoms with E-state index in [1.54, 1.807) is 41.9 Å². The molecule has 0 spiro atoms. The zero-order chi connectivity index (χ0) is 54.8. The fourth-order valence-corrected chi connectivity index (χ4v) is 10.4. The second-order valence-corrected chi connectivity index (χ2v) is 21.2. The number of aromatic amines is 2. The highest BCUT2D eigenvalue weighted by molar-refractivity contribution is 7.53. The number of benzene rings is 3. The minimum Gasteiger partial charge on any atom is -0.497 e. The predicted octanol–water partition coefficient (Wildman–Crippen LogP) is 6.20. The van der Waals surface area contributed by atoms with Gasteiger partial charge < -0.3 is 37.5 Å². The summed E-state index contributed by atoms with van der Waals surface area (Å²) in [6, 6.07) is 24.5. The minimum absolute atomic E-state index is 0.00374. The summed E-state index contributed by atoms with van der Waals surface area (Å²) in [5, 5.41) is 5.23. The number of carbonyl (C=O) groups is 3. The topological polar surface area (TPSA) is 293 Å². The fourth-order valence-electron chi connectivity index (χ4n) is 9.17. The molecule has 77 heavy (non-hydrogen) atoms. The molecule has 9 rings (SSSR count). The normalized spacial score (nSPS) is 20.4. The molecule has 7 atom stereocenters. The Hall–Kier alpha value is -7.60. The van der Waals surface area contributed by atoms with Gasteiger partial charge in [-0.25, -0.2) is 9.97 Å². The maximum atomic E-state index is 14.8. The first-order chi connectivity index (χ1) is 36.9. The molecule has 6 heterocycles. The fraction of sp³-hybridized carbons (Fsp3) is 0.404. The predicted molar refractivity (Wildman–Crippen MR) is 278 cm³/mol. The van der Waals surface area contributed by atoms with Gasteiger partial charge in [-0.15, -0.1) is 0 Å². The number of nitrogens with zero attached hydrogens (tertiary/aromatic N) is 6. The molecule has 24 nitrogen and oxygen atoms in total. The molecular formula is C52H59N10O14P. The molecule has 0 saturated carbocycles. The van der Waals surface area contributed by atoms with Gasteiger partial charge in [0.2, 0.25) is 23.7 Å². The SMILES string of the molecule is COc1ccc(C(OC[C@H]2O[C@@H](n3cnc4c(=O)[nH]c(NC(=O)C(C)C)nc43)C[C@@H]2O[P@](C)(=O)OC[C@H]2O[C@@H](n3cnc4c(=O)[nH]c(NC(=O)C(C)C)nc43)C[C@@H]2OC(C)=O)(c2ccccc2)c2ccc(OC)cc2)cc1. The number of aromatic nitrogens is 8. The number of imidazole rings is 2. The maximum absolute atomic E-state index is 14.8. The van der Waals surface area contributed by atoms with Gasteiger partial charge in [-0.1, -0.05) is 82.3 Å². The quantitative estimate of drug-likeness (QED) is 0.0375. The van der Waals surface area contributed by atoms with Crippen molar-refractivity contribution in [3.63, 3.8) is 0 Å². The molecule has 4 aromatic heterocycles. The van der Waals surface area contributed by atoms with Crippen LogP contribution in [0, 0.1) is 11.8 Å². The molecule has 406 valence electrons. The lowest BCUT2D eigenvalue weighted by molar-refractivity contribution is -0.150. The molecule has 0 bridgehead atoms. The third-order valence-electron chi connectivity index (χ3n) is 13.1. The second kappa shape index (κ2) is 22.5. The molecule has 3 aromatic carbocycles. The summed E-state index contributed by atoms with van der Waals surface area (Å²) in [5.74, 6) is -1.14. The van der Waals surface area contributed by atoms with Crippen LogP contribution in [0.4, 0.5) is 11.9 Å². The summed E-state index contributed by atoms with van der Waals surface area (Å²) in [5.41, 5.74) is -0.176. The number of H-pyrrole nitrogens is 2. The maximum Gasteiger partial charge on any atom is 0.328 e. The molecular weight excluding hydrogens is 1020 g/mol. The van der Waals surface area contributed by atoms with E-state index in [1.165, 1.54) is 35.4 Å². The molecule has 0 unspecified atom stereocenters. The Morgan fingerprint density at radius 2 is 1.16 bits per heavy atom. The van der Waals surface area contributed by atoms with Crippen LogP contribution in [-0.2, 0) is 52.5 Å². The summed E-state index contributed by atoms with van der Waals surface area (Å²) in [6.45, 7) is 8.72. The lowest BCUT2D eigenvalue weighted by atomic mass is 9.80. The summed E-state index contributed by atoms with van der Waals surface area (Å²) < 4.78 is 67.6. The Morgan fingerprint density at radius 3 is 1.61 bits per heavy atom. The van der Waals surface area contributed by atoms with Gasteiger partial charge in [0.15, 0.2) is 22.3 Å². The van der Waals surface area contributed by atoms with E-state index in [1.807, 2.05) is 78.9 Å². The average Bonchev–Trinajstić information content (AvgIpc) is 4.22. The second-order valence-electron chi connectivity index (χ2n) is 19.2. The molecule has 25 heteroatoms. The van der Waals surface area contributed by atoms with Gasteiger partial charge in [0.25, 0.3) is 11.1 Å². The number of amides is 2. The Bertz CT molecular complexity index is 3390. The number of esters is 1. The van der Waals surface area contributed by atoms with E-state index in [4.69, 9.17) is 37.5 Å². The number of carbonyl (C=O) groups excluding carboxylic acids is 3. The summed E-state index contributed by atoms with van der Waals surface area (Å²) in [7, 11) is -0.982. The number of fused-ring (bicyclic) bond motifs is 2. The number of ether oxygens (including phenoxy) is 6. The molecule has 4 N–H and O–H groups in total. The van der Waals surface area contributed by atoms with Crippen LogP contribution in [0.1, 0.15) is 76.6 Å². The Balaban J connectivity index is 1.03. The van der Waals surface area contributed by atoms with Crippen LogP contribution >= 0.6 is 7.60 Å². The highest BCUT2D eigenvalue weighted by Crippen LogP contribution is 2.51. The summed E-state index contributed by atoms with van der Waals surface area (Å²) >= 11 is 0. The van der Waals surface area contributed by atoms with E-state index < -0.39 is 85.6 Å². The summed E-state index contributed by atoms with van der Waals surface area (Å²) in [4.78, 5) is 86.7. The van der Waals surface area contributed by atoms with Gasteiger partial charge in [0.1, 0.15) is 47.9 Å². The van der Waals surface area contributed by atoms with Crippen molar-refractivity contribution in [3.05, 3.63) is 129 Å². The van der Waals surface area contributed by atoms with Crippen LogP contribution in [0.2, 0.25) is 0 Å².